The third-order valence-corrected chi connectivity index (χ3v) is 0. The largest absolute Gasteiger partial charge is 0.471 e. The number of hydrogen-bond acceptors (Lipinski definition) is 1. The third kappa shape index (κ3) is 34.5. The van der Waals surface area contributed by atoms with Crippen molar-refractivity contribution in [2.75, 3.05) is 0 Å². The van der Waals surface area contributed by atoms with Crippen LogP contribution in [0.25, 0.3) is 0 Å². The van der Waals surface area contributed by atoms with Crippen LogP contribution in [0.3, 0.4) is 0 Å². The van der Waals surface area contributed by atoms with Gasteiger partial charge < -0.3 is 4.12 Å². The Morgan fingerprint density at radius 1 is 1.25 bits per heavy atom. The van der Waals surface area contributed by atoms with E-state index in [1.54, 1.807) is 0 Å². The van der Waals surface area contributed by atoms with Gasteiger partial charge in [0, 0.05) is 5.48 Å². The Kier molecular flexibility index (Phi) is 22.4. The Bertz CT molecular complexity index is 4.00. The highest BCUT2D eigenvalue weighted by Gasteiger charge is 1.28. The van der Waals surface area contributed by atoms with E-state index in [9.17, 15) is 0 Å². The van der Waals surface area contributed by atoms with Crippen molar-refractivity contribution in [1.82, 2.24) is 0 Å². The zero-order valence-electron chi connectivity index (χ0n) is 2.82. The maximum Gasteiger partial charge on any atom is 0.129 e. The molecule has 4 heavy (non-hydrogen) atoms. The van der Waals surface area contributed by atoms with Crippen LogP contribution >= 0.6 is 0 Å². The summed E-state index contributed by atoms with van der Waals surface area (Å²) in [7, 11) is 1.86. The second kappa shape index (κ2) is 10.1. The lowest BCUT2D eigenvalue weighted by Crippen LogP contribution is -1.65. The van der Waals surface area contributed by atoms with Gasteiger partial charge in [0.25, 0.3) is 0 Å². The van der Waals surface area contributed by atoms with E-state index in [0.29, 0.717) is 0 Å². The van der Waals surface area contributed by atoms with Crippen molar-refractivity contribution in [1.29, 1.82) is 0 Å². The van der Waals surface area contributed by atoms with Crippen LogP contribution in [-0.2, 0) is 9.59 Å². The van der Waals surface area contributed by atoms with Crippen molar-refractivity contribution in [2.45, 2.75) is 0 Å². The predicted octanol–water partition coefficient (Wildman–Crippen LogP) is -2.56. The van der Waals surface area contributed by atoms with Gasteiger partial charge in [-0.25, -0.2) is 0 Å². The molecular weight excluding hydrogens is 88.2 g/mol. The van der Waals surface area contributed by atoms with E-state index >= 15 is 0 Å². The summed E-state index contributed by atoms with van der Waals surface area (Å²) in [6.45, 7) is 0. The molecule has 4 heteroatoms. The molecule has 0 aromatic rings. The molecule has 0 aliphatic carbocycles. The summed E-state index contributed by atoms with van der Waals surface area (Å²) in [6.07, 6.45) is 0. The molecule has 0 fully saturated rings. The van der Waals surface area contributed by atoms with Crippen molar-refractivity contribution >= 4 is 21.0 Å². The molecule has 0 rings (SSSR count). The molecule has 0 aliphatic heterocycles. The van der Waals surface area contributed by atoms with Crippen molar-refractivity contribution < 1.29 is 9.59 Å². The molecule has 0 heterocycles. The summed E-state index contributed by atoms with van der Waals surface area (Å²) in [5, 5.41) is 0. The zero-order chi connectivity index (χ0) is 2.71. The molecule has 0 unspecified atom stereocenters. The van der Waals surface area contributed by atoms with Gasteiger partial charge in [-0.05, 0) is 0 Å². The quantitative estimate of drug-likeness (QED) is 0.304. The van der Waals surface area contributed by atoms with E-state index in [0.717, 1.165) is 21.0 Å². The van der Waals surface area contributed by atoms with Gasteiger partial charge in [0.2, 0.25) is 0 Å². The average Bonchev–Trinajstić information content (AvgIpc) is 0.918. The highest BCUT2D eigenvalue weighted by atomic mass is 28.3. The second-order valence-electron chi connectivity index (χ2n) is 0.408. The second-order valence-corrected chi connectivity index (χ2v) is 3.67. The van der Waals surface area contributed by atoms with Gasteiger partial charge in [-0.1, -0.05) is 0 Å². The minimum atomic E-state index is 0. The monoisotopic (exact) mass is 94.0 g/mol. The van der Waals surface area contributed by atoms with Gasteiger partial charge in [-0.15, -0.1) is 0 Å². The third-order valence-electron chi connectivity index (χ3n) is 0. The molecule has 2 nitrogen and oxygen atoms in total. The van der Waals surface area contributed by atoms with E-state index in [1.807, 2.05) is 0 Å². The minimum absolute atomic E-state index is 0. The normalized spacial score (nSPS) is 6.00. The molecular formula is H6O2Si2. The van der Waals surface area contributed by atoms with E-state index < -0.39 is 0 Å². The van der Waals surface area contributed by atoms with Crippen LogP contribution in [0, 0.1) is 0 Å². The van der Waals surface area contributed by atoms with Crippen LogP contribution in [-0.4, -0.2) is 21.0 Å². The summed E-state index contributed by atoms with van der Waals surface area (Å²) in [5.41, 5.74) is 0. The Morgan fingerprint density at radius 3 is 1.25 bits per heavy atom. The molecule has 0 aliphatic rings. The Morgan fingerprint density at radius 2 is 1.25 bits per heavy atom. The first kappa shape index (κ1) is 8.84. The average molecular weight is 94.2 g/mol. The first-order chi connectivity index (χ1) is 1.41. The first-order valence-electron chi connectivity index (χ1n) is 0.816. The molecule has 0 N–H and O–H groups in total. The van der Waals surface area contributed by atoms with E-state index in [-0.39, 0.29) is 5.48 Å². The van der Waals surface area contributed by atoms with Gasteiger partial charge in [0.1, 0.15) is 21.0 Å². The molecule has 0 saturated carbocycles. The molecule has 0 atom stereocenters. The standard InChI is InChI=1S/H6OSi2.O/c2-1-3;/h2-3H3;. The maximum absolute atomic E-state index is 4.53. The molecule has 0 bridgehead atoms. The molecule has 0 saturated heterocycles. The minimum Gasteiger partial charge on any atom is -0.471 e. The maximum atomic E-state index is 4.53. The number of rotatable bonds is 0. The van der Waals surface area contributed by atoms with Gasteiger partial charge in [0.15, 0.2) is 0 Å². The lowest BCUT2D eigenvalue weighted by Gasteiger charge is -1.62. The molecule has 0 aromatic heterocycles. The molecule has 0 amide bonds. The fourth-order valence-electron chi connectivity index (χ4n) is 0. The SMILES string of the molecule is [O].[SiH3]O[SiH3]. The van der Waals surface area contributed by atoms with Gasteiger partial charge in [-0.3, -0.25) is 0 Å². The summed E-state index contributed by atoms with van der Waals surface area (Å²) >= 11 is 0. The highest BCUT2D eigenvalue weighted by Crippen LogP contribution is 1.20. The number of hydrogen-bond donors (Lipinski definition) is 0. The van der Waals surface area contributed by atoms with E-state index in [4.69, 9.17) is 0 Å². The Hall–Kier alpha value is 0.354. The predicted molar refractivity (Wildman–Crippen MR) is 21.6 cm³/mol. The molecule has 26 valence electrons. The summed E-state index contributed by atoms with van der Waals surface area (Å²) in [6, 6.07) is 0. The summed E-state index contributed by atoms with van der Waals surface area (Å²) in [4.78, 5) is 0. The summed E-state index contributed by atoms with van der Waals surface area (Å²) in [5.74, 6) is 0. The summed E-state index contributed by atoms with van der Waals surface area (Å²) < 4.78 is 4.53. The van der Waals surface area contributed by atoms with E-state index in [1.165, 1.54) is 0 Å². The van der Waals surface area contributed by atoms with E-state index in [2.05, 4.69) is 4.12 Å². The van der Waals surface area contributed by atoms with Gasteiger partial charge >= 0.3 is 0 Å². The van der Waals surface area contributed by atoms with Crippen LogP contribution < -0.4 is 0 Å². The fourth-order valence-corrected chi connectivity index (χ4v) is 0. The highest BCUT2D eigenvalue weighted by molar-refractivity contribution is 6.15. The van der Waals surface area contributed by atoms with Crippen molar-refractivity contribution in [3.63, 3.8) is 0 Å². The van der Waals surface area contributed by atoms with Gasteiger partial charge in [0.05, 0.1) is 0 Å². The Balaban J connectivity index is 0. The fraction of sp³-hybridized carbons (Fsp3) is 0. The zero-order valence-corrected chi connectivity index (χ0v) is 6.82. The lowest BCUT2D eigenvalue weighted by molar-refractivity contribution is 0.686. The van der Waals surface area contributed by atoms with Crippen LogP contribution in [0.1, 0.15) is 0 Å². The molecule has 0 spiro atoms. The lowest BCUT2D eigenvalue weighted by atomic mass is 15.8. The van der Waals surface area contributed by atoms with Crippen LogP contribution in [0.4, 0.5) is 0 Å². The Labute approximate surface area is 31.6 Å². The van der Waals surface area contributed by atoms with Crippen LogP contribution in [0.15, 0.2) is 0 Å². The smallest absolute Gasteiger partial charge is 0.129 e. The first-order valence-corrected chi connectivity index (χ1v) is 2.45. The van der Waals surface area contributed by atoms with Crippen molar-refractivity contribution in [2.24, 2.45) is 0 Å². The van der Waals surface area contributed by atoms with Gasteiger partial charge in [-0.2, -0.15) is 0 Å². The molecule has 2 radical (unpaired) electrons. The molecule has 0 aromatic carbocycles. The van der Waals surface area contributed by atoms with Crippen molar-refractivity contribution in [3.8, 4) is 0 Å². The topological polar surface area (TPSA) is 37.7 Å². The van der Waals surface area contributed by atoms with Crippen LogP contribution in [0.5, 0.6) is 0 Å². The van der Waals surface area contributed by atoms with Crippen molar-refractivity contribution in [3.05, 3.63) is 0 Å². The van der Waals surface area contributed by atoms with Crippen LogP contribution in [0.2, 0.25) is 0 Å².